The molecule has 0 aliphatic rings. The van der Waals surface area contributed by atoms with Gasteiger partial charge in [-0.3, -0.25) is 0 Å². The number of benzene rings is 1. The van der Waals surface area contributed by atoms with E-state index in [1.165, 1.54) is 0 Å². The molecule has 2 N–H and O–H groups in total. The fourth-order valence-electron chi connectivity index (χ4n) is 2.09. The summed E-state index contributed by atoms with van der Waals surface area (Å²) in [4.78, 5) is 4.34. The van der Waals surface area contributed by atoms with Crippen LogP contribution in [0.1, 0.15) is 26.6 Å². The van der Waals surface area contributed by atoms with Gasteiger partial charge in [-0.15, -0.1) is 0 Å². The van der Waals surface area contributed by atoms with Gasteiger partial charge in [0.05, 0.1) is 0 Å². The SMILES string of the molecule is Cn1c(C(C)(C)C)nc(-c2cc(F)c(F)c(F)c2)c1N. The van der Waals surface area contributed by atoms with Gasteiger partial charge in [0.15, 0.2) is 17.5 Å². The standard InChI is InChI=1S/C14H16F3N3/c1-14(2,3)13-19-11(12(18)20(13)4)7-5-8(15)10(17)9(16)6-7/h5-6H,18H2,1-4H3. The number of nitrogens with zero attached hydrogens (tertiary/aromatic N) is 2. The minimum absolute atomic E-state index is 0.116. The van der Waals surface area contributed by atoms with Crippen molar-refractivity contribution in [2.24, 2.45) is 7.05 Å². The van der Waals surface area contributed by atoms with E-state index in [-0.39, 0.29) is 22.5 Å². The molecule has 0 unspecified atom stereocenters. The Bertz CT molecular complexity index is 646. The van der Waals surface area contributed by atoms with E-state index < -0.39 is 17.5 Å². The smallest absolute Gasteiger partial charge is 0.194 e. The van der Waals surface area contributed by atoms with E-state index >= 15 is 0 Å². The van der Waals surface area contributed by atoms with Crippen LogP contribution in [0.4, 0.5) is 19.0 Å². The predicted molar refractivity (Wildman–Crippen MR) is 71.6 cm³/mol. The van der Waals surface area contributed by atoms with Gasteiger partial charge in [-0.25, -0.2) is 18.2 Å². The van der Waals surface area contributed by atoms with Crippen LogP contribution in [0.2, 0.25) is 0 Å². The van der Waals surface area contributed by atoms with Gasteiger partial charge in [-0.2, -0.15) is 0 Å². The van der Waals surface area contributed by atoms with E-state index in [0.29, 0.717) is 5.82 Å². The van der Waals surface area contributed by atoms with Crippen LogP contribution in [0.15, 0.2) is 12.1 Å². The molecule has 2 aromatic rings. The number of nitrogens with two attached hydrogens (primary N) is 1. The van der Waals surface area contributed by atoms with Crippen molar-refractivity contribution in [1.29, 1.82) is 0 Å². The molecule has 0 fully saturated rings. The lowest BCUT2D eigenvalue weighted by atomic mass is 9.96. The van der Waals surface area contributed by atoms with E-state index in [1.54, 1.807) is 11.6 Å². The first-order valence-corrected chi connectivity index (χ1v) is 6.10. The summed E-state index contributed by atoms with van der Waals surface area (Å²) in [5.41, 5.74) is 6.01. The zero-order valence-corrected chi connectivity index (χ0v) is 11.8. The molecule has 3 nitrogen and oxygen atoms in total. The third kappa shape index (κ3) is 2.26. The zero-order valence-electron chi connectivity index (χ0n) is 11.8. The topological polar surface area (TPSA) is 43.8 Å². The lowest BCUT2D eigenvalue weighted by molar-refractivity contribution is 0.447. The van der Waals surface area contributed by atoms with Gasteiger partial charge in [0.1, 0.15) is 17.3 Å². The Hall–Kier alpha value is -1.98. The van der Waals surface area contributed by atoms with Crippen molar-refractivity contribution < 1.29 is 13.2 Å². The van der Waals surface area contributed by atoms with Crippen molar-refractivity contribution in [3.63, 3.8) is 0 Å². The first-order chi connectivity index (χ1) is 9.12. The Kier molecular flexibility index (Phi) is 3.28. The second-order valence-corrected chi connectivity index (χ2v) is 5.73. The number of anilines is 1. The fraction of sp³-hybridized carbons (Fsp3) is 0.357. The van der Waals surface area contributed by atoms with E-state index in [9.17, 15) is 13.2 Å². The Balaban J connectivity index is 2.66. The molecule has 0 aliphatic heterocycles. The number of nitrogen functional groups attached to an aromatic ring is 1. The van der Waals surface area contributed by atoms with E-state index in [0.717, 1.165) is 12.1 Å². The summed E-state index contributed by atoms with van der Waals surface area (Å²) >= 11 is 0. The number of imidazole rings is 1. The van der Waals surface area contributed by atoms with E-state index in [4.69, 9.17) is 5.73 Å². The zero-order chi connectivity index (χ0) is 15.2. The lowest BCUT2D eigenvalue weighted by Crippen LogP contribution is -2.17. The van der Waals surface area contributed by atoms with Crippen molar-refractivity contribution >= 4 is 5.82 Å². The number of hydrogen-bond acceptors (Lipinski definition) is 2. The summed E-state index contributed by atoms with van der Waals surface area (Å²) in [5, 5.41) is 0. The van der Waals surface area contributed by atoms with Crippen LogP contribution in [0, 0.1) is 17.5 Å². The number of halogens is 3. The second kappa shape index (κ2) is 4.54. The maximum Gasteiger partial charge on any atom is 0.194 e. The average molecular weight is 283 g/mol. The summed E-state index contributed by atoms with van der Waals surface area (Å²) in [6, 6.07) is 1.78. The molecule has 1 aromatic heterocycles. The van der Waals surface area contributed by atoms with Crippen molar-refractivity contribution in [3.05, 3.63) is 35.4 Å². The third-order valence-electron chi connectivity index (χ3n) is 3.07. The molecule has 0 spiro atoms. The summed E-state index contributed by atoms with van der Waals surface area (Å²) in [6.07, 6.45) is 0. The molecule has 0 atom stereocenters. The van der Waals surface area contributed by atoms with Crippen LogP contribution in [-0.4, -0.2) is 9.55 Å². The molecule has 20 heavy (non-hydrogen) atoms. The van der Waals surface area contributed by atoms with Gasteiger partial charge in [-0.1, -0.05) is 20.8 Å². The maximum atomic E-state index is 13.3. The molecule has 1 aromatic carbocycles. The first kappa shape index (κ1) is 14.4. The highest BCUT2D eigenvalue weighted by Crippen LogP contribution is 2.32. The van der Waals surface area contributed by atoms with Crippen LogP contribution >= 0.6 is 0 Å². The summed E-state index contributed by atoms with van der Waals surface area (Å²) in [5.74, 6) is -3.07. The molecule has 0 saturated heterocycles. The Morgan fingerprint density at radius 3 is 2.00 bits per heavy atom. The molecule has 1 heterocycles. The Morgan fingerprint density at radius 2 is 1.60 bits per heavy atom. The number of rotatable bonds is 1. The molecule has 0 aliphatic carbocycles. The van der Waals surface area contributed by atoms with Crippen LogP contribution < -0.4 is 5.73 Å². The number of hydrogen-bond donors (Lipinski definition) is 1. The van der Waals surface area contributed by atoms with Crippen molar-refractivity contribution in [3.8, 4) is 11.3 Å². The fourth-order valence-corrected chi connectivity index (χ4v) is 2.09. The maximum absolute atomic E-state index is 13.3. The normalized spacial score (nSPS) is 11.9. The van der Waals surface area contributed by atoms with Crippen LogP contribution in [0.25, 0.3) is 11.3 Å². The molecule has 6 heteroatoms. The molecular formula is C14H16F3N3. The van der Waals surface area contributed by atoms with Crippen molar-refractivity contribution in [1.82, 2.24) is 9.55 Å². The van der Waals surface area contributed by atoms with E-state index in [2.05, 4.69) is 4.98 Å². The number of aromatic nitrogens is 2. The van der Waals surface area contributed by atoms with Crippen molar-refractivity contribution in [2.75, 3.05) is 5.73 Å². The van der Waals surface area contributed by atoms with Gasteiger partial charge in [0.25, 0.3) is 0 Å². The summed E-state index contributed by atoms with van der Waals surface area (Å²) in [6.45, 7) is 5.85. The van der Waals surface area contributed by atoms with Gasteiger partial charge in [0.2, 0.25) is 0 Å². The molecule has 0 amide bonds. The predicted octanol–water partition coefficient (Wildman–Crippen LogP) is 3.38. The largest absolute Gasteiger partial charge is 0.383 e. The minimum Gasteiger partial charge on any atom is -0.383 e. The Morgan fingerprint density at radius 1 is 1.10 bits per heavy atom. The second-order valence-electron chi connectivity index (χ2n) is 5.73. The quantitative estimate of drug-likeness (QED) is 0.815. The highest BCUT2D eigenvalue weighted by atomic mass is 19.2. The molecule has 2 rings (SSSR count). The van der Waals surface area contributed by atoms with E-state index in [1.807, 2.05) is 20.8 Å². The van der Waals surface area contributed by atoms with Gasteiger partial charge >= 0.3 is 0 Å². The molecule has 0 saturated carbocycles. The monoisotopic (exact) mass is 283 g/mol. The third-order valence-corrected chi connectivity index (χ3v) is 3.07. The molecular weight excluding hydrogens is 267 g/mol. The van der Waals surface area contributed by atoms with Gasteiger partial charge < -0.3 is 10.3 Å². The highest BCUT2D eigenvalue weighted by Gasteiger charge is 2.24. The van der Waals surface area contributed by atoms with Crippen LogP contribution in [0.3, 0.4) is 0 Å². The first-order valence-electron chi connectivity index (χ1n) is 6.10. The van der Waals surface area contributed by atoms with Crippen molar-refractivity contribution in [2.45, 2.75) is 26.2 Å². The molecule has 0 bridgehead atoms. The molecule has 0 radical (unpaired) electrons. The average Bonchev–Trinajstić information content (AvgIpc) is 2.62. The van der Waals surface area contributed by atoms with Gasteiger partial charge in [0, 0.05) is 18.0 Å². The Labute approximate surface area is 115 Å². The summed E-state index contributed by atoms with van der Waals surface area (Å²) < 4.78 is 41.3. The minimum atomic E-state index is -1.50. The van der Waals surface area contributed by atoms with Gasteiger partial charge in [-0.05, 0) is 12.1 Å². The lowest BCUT2D eigenvalue weighted by Gasteiger charge is -2.17. The summed E-state index contributed by atoms with van der Waals surface area (Å²) in [7, 11) is 1.72. The van der Waals surface area contributed by atoms with Crippen LogP contribution in [0.5, 0.6) is 0 Å². The highest BCUT2D eigenvalue weighted by molar-refractivity contribution is 5.71. The van der Waals surface area contributed by atoms with Crippen LogP contribution in [-0.2, 0) is 12.5 Å². The molecule has 108 valence electrons.